The van der Waals surface area contributed by atoms with E-state index >= 15 is 0 Å². The van der Waals surface area contributed by atoms with Crippen molar-refractivity contribution in [2.45, 2.75) is 19.5 Å². The molecule has 1 aromatic carbocycles. The van der Waals surface area contributed by atoms with Crippen LogP contribution in [0.25, 0.3) is 0 Å². The van der Waals surface area contributed by atoms with E-state index in [-0.39, 0.29) is 16.9 Å². The number of benzene rings is 1. The van der Waals surface area contributed by atoms with Crippen LogP contribution in [0, 0.1) is 5.82 Å². The maximum atomic E-state index is 14.2. The highest BCUT2D eigenvalue weighted by molar-refractivity contribution is 7.09. The second-order valence-corrected chi connectivity index (χ2v) is 5.98. The zero-order valence-corrected chi connectivity index (χ0v) is 12.9. The summed E-state index contributed by atoms with van der Waals surface area (Å²) in [5.74, 6) is -0.366. The number of thiophene rings is 1. The van der Waals surface area contributed by atoms with Gasteiger partial charge in [0.15, 0.2) is 0 Å². The van der Waals surface area contributed by atoms with Crippen molar-refractivity contribution in [1.82, 2.24) is 4.90 Å². The van der Waals surface area contributed by atoms with Crippen molar-refractivity contribution in [2.24, 2.45) is 5.73 Å². The van der Waals surface area contributed by atoms with Gasteiger partial charge in [0, 0.05) is 23.5 Å². The highest BCUT2D eigenvalue weighted by atomic mass is 35.5. The molecule has 0 saturated carbocycles. The van der Waals surface area contributed by atoms with Crippen LogP contribution in [-0.2, 0) is 6.54 Å². The van der Waals surface area contributed by atoms with Gasteiger partial charge < -0.3 is 5.73 Å². The number of nitrogens with two attached hydrogens (primary N) is 1. The highest BCUT2D eigenvalue weighted by Gasteiger charge is 2.22. The zero-order chi connectivity index (χ0) is 14.5. The summed E-state index contributed by atoms with van der Waals surface area (Å²) in [6.07, 6.45) is 0. The molecule has 2 nitrogen and oxygen atoms in total. The van der Waals surface area contributed by atoms with Crippen molar-refractivity contribution >= 4 is 22.9 Å². The average Bonchev–Trinajstić information content (AvgIpc) is 2.96. The van der Waals surface area contributed by atoms with Crippen LogP contribution in [0.1, 0.15) is 23.4 Å². The molecule has 2 N–H and O–H groups in total. The Hall–Kier alpha value is -0.940. The number of nitrogens with zero attached hydrogens (tertiary/aromatic N) is 1. The molecule has 1 unspecified atom stereocenters. The van der Waals surface area contributed by atoms with Gasteiger partial charge in [0.05, 0.1) is 11.1 Å². The Labute approximate surface area is 128 Å². The van der Waals surface area contributed by atoms with E-state index in [1.165, 1.54) is 4.88 Å². The molecule has 0 radical (unpaired) electrons. The fourth-order valence-corrected chi connectivity index (χ4v) is 3.21. The maximum absolute atomic E-state index is 14.2. The Balaban J connectivity index is 2.27. The standard InChI is InChI=1S/C15H18ClFN2S/c1-2-19(10-11-5-4-8-20-11)14(9-18)12-6-3-7-13(16)15(12)17/h3-8,14H,2,9-10,18H2,1H3. The fraction of sp³-hybridized carbons (Fsp3) is 0.333. The van der Waals surface area contributed by atoms with Gasteiger partial charge in [0.1, 0.15) is 5.82 Å². The molecule has 0 fully saturated rings. The lowest BCUT2D eigenvalue weighted by Gasteiger charge is -2.30. The van der Waals surface area contributed by atoms with E-state index in [1.807, 2.05) is 11.4 Å². The monoisotopic (exact) mass is 312 g/mol. The Kier molecular flexibility index (Phi) is 5.54. The van der Waals surface area contributed by atoms with Crippen molar-refractivity contribution < 1.29 is 4.39 Å². The Morgan fingerprint density at radius 2 is 2.15 bits per heavy atom. The molecule has 108 valence electrons. The van der Waals surface area contributed by atoms with Crippen molar-refractivity contribution in [1.29, 1.82) is 0 Å². The van der Waals surface area contributed by atoms with Crippen molar-refractivity contribution in [2.75, 3.05) is 13.1 Å². The van der Waals surface area contributed by atoms with E-state index in [0.717, 1.165) is 13.1 Å². The van der Waals surface area contributed by atoms with Gasteiger partial charge in [-0.05, 0) is 24.1 Å². The van der Waals surface area contributed by atoms with Crippen LogP contribution in [-0.4, -0.2) is 18.0 Å². The van der Waals surface area contributed by atoms with Gasteiger partial charge >= 0.3 is 0 Å². The zero-order valence-electron chi connectivity index (χ0n) is 11.4. The molecule has 20 heavy (non-hydrogen) atoms. The normalized spacial score (nSPS) is 12.8. The van der Waals surface area contributed by atoms with E-state index in [9.17, 15) is 4.39 Å². The summed E-state index contributed by atoms with van der Waals surface area (Å²) in [4.78, 5) is 3.41. The van der Waals surface area contributed by atoms with E-state index in [2.05, 4.69) is 17.9 Å². The summed E-state index contributed by atoms with van der Waals surface area (Å²) in [5.41, 5.74) is 6.45. The third-order valence-corrected chi connectivity index (χ3v) is 4.50. The van der Waals surface area contributed by atoms with E-state index in [0.29, 0.717) is 12.1 Å². The predicted octanol–water partition coefficient (Wildman–Crippen LogP) is 4.06. The molecule has 0 aliphatic rings. The molecule has 0 aliphatic heterocycles. The van der Waals surface area contributed by atoms with Gasteiger partial charge in [-0.25, -0.2) is 4.39 Å². The van der Waals surface area contributed by atoms with Crippen LogP contribution in [0.15, 0.2) is 35.7 Å². The average molecular weight is 313 g/mol. The quantitative estimate of drug-likeness (QED) is 0.871. The first-order valence-corrected chi connectivity index (χ1v) is 7.83. The van der Waals surface area contributed by atoms with Crippen LogP contribution in [0.5, 0.6) is 0 Å². The molecule has 1 heterocycles. The smallest absolute Gasteiger partial charge is 0.146 e. The first-order chi connectivity index (χ1) is 9.67. The molecule has 0 saturated heterocycles. The number of hydrogen-bond donors (Lipinski definition) is 1. The fourth-order valence-electron chi connectivity index (χ4n) is 2.30. The Morgan fingerprint density at radius 1 is 1.35 bits per heavy atom. The van der Waals surface area contributed by atoms with Crippen LogP contribution in [0.3, 0.4) is 0 Å². The van der Waals surface area contributed by atoms with E-state index < -0.39 is 0 Å². The summed E-state index contributed by atoms with van der Waals surface area (Å²) in [7, 11) is 0. The maximum Gasteiger partial charge on any atom is 0.146 e. The topological polar surface area (TPSA) is 29.3 Å². The van der Waals surface area contributed by atoms with E-state index in [1.54, 1.807) is 29.5 Å². The van der Waals surface area contributed by atoms with Gasteiger partial charge in [-0.15, -0.1) is 11.3 Å². The lowest BCUT2D eigenvalue weighted by atomic mass is 10.0. The molecule has 2 aromatic rings. The van der Waals surface area contributed by atoms with Crippen LogP contribution < -0.4 is 5.73 Å². The summed E-state index contributed by atoms with van der Waals surface area (Å²) in [6, 6.07) is 9.02. The molecule has 1 atom stereocenters. The van der Waals surface area contributed by atoms with Gasteiger partial charge in [-0.2, -0.15) is 0 Å². The summed E-state index contributed by atoms with van der Waals surface area (Å²) >= 11 is 7.57. The number of hydrogen-bond acceptors (Lipinski definition) is 3. The molecule has 0 spiro atoms. The predicted molar refractivity (Wildman–Crippen MR) is 83.6 cm³/mol. The lowest BCUT2D eigenvalue weighted by molar-refractivity contribution is 0.201. The van der Waals surface area contributed by atoms with Gasteiger partial charge in [0.25, 0.3) is 0 Å². The van der Waals surface area contributed by atoms with Crippen molar-refractivity contribution in [3.63, 3.8) is 0 Å². The summed E-state index contributed by atoms with van der Waals surface area (Å²) in [6.45, 7) is 3.98. The molecular weight excluding hydrogens is 295 g/mol. The van der Waals surface area contributed by atoms with Gasteiger partial charge in [-0.1, -0.05) is 36.7 Å². The molecular formula is C15H18ClFN2S. The van der Waals surface area contributed by atoms with E-state index in [4.69, 9.17) is 17.3 Å². The Morgan fingerprint density at radius 3 is 2.75 bits per heavy atom. The first kappa shape index (κ1) is 15.4. The number of halogens is 2. The third kappa shape index (κ3) is 3.38. The van der Waals surface area contributed by atoms with Crippen molar-refractivity contribution in [3.05, 3.63) is 57.0 Å². The molecule has 5 heteroatoms. The first-order valence-electron chi connectivity index (χ1n) is 6.57. The SMILES string of the molecule is CCN(Cc1cccs1)C(CN)c1cccc(Cl)c1F. The van der Waals surface area contributed by atoms with Gasteiger partial charge in [0.2, 0.25) is 0 Å². The third-order valence-electron chi connectivity index (χ3n) is 3.35. The second-order valence-electron chi connectivity index (χ2n) is 4.54. The number of likely N-dealkylation sites (N-methyl/N-ethyl adjacent to an activating group) is 1. The number of rotatable bonds is 6. The molecule has 0 aliphatic carbocycles. The minimum atomic E-state index is -0.366. The van der Waals surface area contributed by atoms with Crippen LogP contribution in [0.2, 0.25) is 5.02 Å². The highest BCUT2D eigenvalue weighted by Crippen LogP contribution is 2.28. The van der Waals surface area contributed by atoms with Crippen LogP contribution >= 0.6 is 22.9 Å². The lowest BCUT2D eigenvalue weighted by Crippen LogP contribution is -2.33. The molecule has 0 amide bonds. The second kappa shape index (κ2) is 7.18. The summed E-state index contributed by atoms with van der Waals surface area (Å²) < 4.78 is 14.2. The molecule has 2 rings (SSSR count). The molecule has 1 aromatic heterocycles. The largest absolute Gasteiger partial charge is 0.329 e. The molecule has 0 bridgehead atoms. The summed E-state index contributed by atoms with van der Waals surface area (Å²) in [5, 5.41) is 2.19. The minimum absolute atomic E-state index is 0.146. The Bertz CT molecular complexity index is 545. The van der Waals surface area contributed by atoms with Crippen molar-refractivity contribution in [3.8, 4) is 0 Å². The van der Waals surface area contributed by atoms with Crippen LogP contribution in [0.4, 0.5) is 4.39 Å². The van der Waals surface area contributed by atoms with Gasteiger partial charge in [-0.3, -0.25) is 4.90 Å². The minimum Gasteiger partial charge on any atom is -0.329 e.